The number of morpholine rings is 1. The SMILES string of the molecule is CC1COC(CBr)CN1C(=O)c1ccn[nH]1. The second kappa shape index (κ2) is 4.97. The van der Waals surface area contributed by atoms with Crippen LogP contribution in [0.4, 0.5) is 0 Å². The summed E-state index contributed by atoms with van der Waals surface area (Å²) in [4.78, 5) is 13.9. The van der Waals surface area contributed by atoms with Crippen molar-refractivity contribution in [2.24, 2.45) is 0 Å². The highest BCUT2D eigenvalue weighted by molar-refractivity contribution is 9.09. The van der Waals surface area contributed by atoms with Crippen molar-refractivity contribution in [1.29, 1.82) is 0 Å². The molecule has 0 radical (unpaired) electrons. The number of nitrogens with zero attached hydrogens (tertiary/aromatic N) is 2. The van der Waals surface area contributed by atoms with E-state index in [4.69, 9.17) is 4.74 Å². The van der Waals surface area contributed by atoms with Gasteiger partial charge in [0.15, 0.2) is 0 Å². The van der Waals surface area contributed by atoms with Crippen molar-refractivity contribution in [3.63, 3.8) is 0 Å². The zero-order chi connectivity index (χ0) is 11.5. The standard InChI is InChI=1S/C10H14BrN3O2/c1-7-6-16-8(4-11)5-14(7)10(15)9-2-3-12-13-9/h2-3,7-8H,4-6H2,1H3,(H,12,13). The van der Waals surface area contributed by atoms with E-state index < -0.39 is 0 Å². The fourth-order valence-corrected chi connectivity index (χ4v) is 2.12. The summed E-state index contributed by atoms with van der Waals surface area (Å²) in [5.41, 5.74) is 0.530. The van der Waals surface area contributed by atoms with E-state index in [0.717, 1.165) is 5.33 Å². The Kier molecular flexibility index (Phi) is 3.60. The van der Waals surface area contributed by atoms with E-state index in [-0.39, 0.29) is 18.1 Å². The summed E-state index contributed by atoms with van der Waals surface area (Å²) < 4.78 is 5.57. The van der Waals surface area contributed by atoms with E-state index >= 15 is 0 Å². The molecule has 1 N–H and O–H groups in total. The minimum Gasteiger partial charge on any atom is -0.373 e. The largest absolute Gasteiger partial charge is 0.373 e. The molecular formula is C10H14BrN3O2. The number of amides is 1. The van der Waals surface area contributed by atoms with E-state index in [1.54, 1.807) is 12.3 Å². The van der Waals surface area contributed by atoms with Crippen LogP contribution in [0, 0.1) is 0 Å². The molecule has 0 saturated carbocycles. The van der Waals surface area contributed by atoms with Crippen molar-refractivity contribution in [2.75, 3.05) is 18.5 Å². The lowest BCUT2D eigenvalue weighted by Gasteiger charge is -2.37. The summed E-state index contributed by atoms with van der Waals surface area (Å²) in [5.74, 6) is -0.0146. The second-order valence-electron chi connectivity index (χ2n) is 3.89. The molecule has 88 valence electrons. The van der Waals surface area contributed by atoms with Crippen LogP contribution in [0.2, 0.25) is 0 Å². The summed E-state index contributed by atoms with van der Waals surface area (Å²) in [6, 6.07) is 1.79. The lowest BCUT2D eigenvalue weighted by Crippen LogP contribution is -2.51. The molecule has 1 amide bonds. The molecule has 16 heavy (non-hydrogen) atoms. The molecule has 2 unspecified atom stereocenters. The van der Waals surface area contributed by atoms with Gasteiger partial charge in [-0.2, -0.15) is 5.10 Å². The summed E-state index contributed by atoms with van der Waals surface area (Å²) in [6.45, 7) is 3.18. The van der Waals surface area contributed by atoms with E-state index in [9.17, 15) is 4.79 Å². The van der Waals surface area contributed by atoms with E-state index in [1.165, 1.54) is 0 Å². The number of alkyl halides is 1. The highest BCUT2D eigenvalue weighted by Crippen LogP contribution is 2.15. The molecule has 1 aliphatic rings. The van der Waals surface area contributed by atoms with Crippen LogP contribution in [-0.4, -0.2) is 51.6 Å². The Morgan fingerprint density at radius 2 is 2.62 bits per heavy atom. The molecule has 0 aliphatic carbocycles. The van der Waals surface area contributed by atoms with Gasteiger partial charge in [-0.25, -0.2) is 0 Å². The van der Waals surface area contributed by atoms with Crippen molar-refractivity contribution < 1.29 is 9.53 Å². The van der Waals surface area contributed by atoms with Crippen LogP contribution >= 0.6 is 15.9 Å². The number of aromatic amines is 1. The molecule has 6 heteroatoms. The summed E-state index contributed by atoms with van der Waals surface area (Å²) in [6.07, 6.45) is 1.66. The molecule has 1 aromatic heterocycles. The minimum absolute atomic E-state index is 0.0146. The first kappa shape index (κ1) is 11.6. The van der Waals surface area contributed by atoms with E-state index in [1.807, 2.05) is 11.8 Å². The number of hydrogen-bond donors (Lipinski definition) is 1. The fourth-order valence-electron chi connectivity index (χ4n) is 1.72. The zero-order valence-corrected chi connectivity index (χ0v) is 10.6. The number of aromatic nitrogens is 2. The van der Waals surface area contributed by atoms with Crippen molar-refractivity contribution in [3.8, 4) is 0 Å². The Morgan fingerprint density at radius 3 is 3.25 bits per heavy atom. The number of halogens is 1. The van der Waals surface area contributed by atoms with E-state index in [2.05, 4.69) is 26.1 Å². The van der Waals surface area contributed by atoms with Gasteiger partial charge in [-0.15, -0.1) is 0 Å². The molecule has 0 spiro atoms. The summed E-state index contributed by atoms with van der Waals surface area (Å²) in [7, 11) is 0. The lowest BCUT2D eigenvalue weighted by molar-refractivity contribution is -0.0363. The number of ether oxygens (including phenoxy) is 1. The molecule has 2 atom stereocenters. The predicted molar refractivity (Wildman–Crippen MR) is 62.6 cm³/mol. The van der Waals surface area contributed by atoms with Crippen LogP contribution in [0.25, 0.3) is 0 Å². The van der Waals surface area contributed by atoms with Crippen molar-refractivity contribution in [2.45, 2.75) is 19.1 Å². The smallest absolute Gasteiger partial charge is 0.272 e. The molecule has 1 aliphatic heterocycles. The molecule has 1 aromatic rings. The highest BCUT2D eigenvalue weighted by atomic mass is 79.9. The topological polar surface area (TPSA) is 58.2 Å². The first-order valence-corrected chi connectivity index (χ1v) is 6.32. The van der Waals surface area contributed by atoms with Crippen LogP contribution in [0.5, 0.6) is 0 Å². The van der Waals surface area contributed by atoms with Crippen LogP contribution in [-0.2, 0) is 4.74 Å². The minimum atomic E-state index is -0.0146. The molecule has 2 heterocycles. The van der Waals surface area contributed by atoms with Gasteiger partial charge in [-0.05, 0) is 13.0 Å². The average molecular weight is 288 g/mol. The second-order valence-corrected chi connectivity index (χ2v) is 4.53. The number of rotatable bonds is 2. The number of carbonyl (C=O) groups is 1. The quantitative estimate of drug-likeness (QED) is 0.827. The summed E-state index contributed by atoms with van der Waals surface area (Å²) in [5, 5.41) is 7.23. The van der Waals surface area contributed by atoms with Gasteiger partial charge in [0.1, 0.15) is 5.69 Å². The molecule has 5 nitrogen and oxygen atoms in total. The Bertz CT molecular complexity index is 355. The van der Waals surface area contributed by atoms with Crippen LogP contribution in [0.3, 0.4) is 0 Å². The van der Waals surface area contributed by atoms with E-state index in [0.29, 0.717) is 18.8 Å². The van der Waals surface area contributed by atoms with Gasteiger partial charge < -0.3 is 9.64 Å². The van der Waals surface area contributed by atoms with Gasteiger partial charge >= 0.3 is 0 Å². The molecular weight excluding hydrogens is 274 g/mol. The molecule has 1 fully saturated rings. The van der Waals surface area contributed by atoms with Gasteiger partial charge in [0.2, 0.25) is 0 Å². The third-order valence-corrected chi connectivity index (χ3v) is 3.39. The highest BCUT2D eigenvalue weighted by Gasteiger charge is 2.30. The van der Waals surface area contributed by atoms with Crippen LogP contribution in [0.15, 0.2) is 12.3 Å². The number of hydrogen-bond acceptors (Lipinski definition) is 3. The third-order valence-electron chi connectivity index (χ3n) is 2.67. The maximum absolute atomic E-state index is 12.1. The molecule has 0 bridgehead atoms. The first-order valence-electron chi connectivity index (χ1n) is 5.20. The summed E-state index contributed by atoms with van der Waals surface area (Å²) >= 11 is 3.37. The predicted octanol–water partition coefficient (Wildman–Crippen LogP) is 1.03. The van der Waals surface area contributed by atoms with Crippen molar-refractivity contribution >= 4 is 21.8 Å². The molecule has 2 rings (SSSR count). The maximum Gasteiger partial charge on any atom is 0.272 e. The number of H-pyrrole nitrogens is 1. The molecule has 0 aromatic carbocycles. The average Bonchev–Trinajstić information content (AvgIpc) is 2.82. The van der Waals surface area contributed by atoms with Crippen LogP contribution in [0.1, 0.15) is 17.4 Å². The number of nitrogens with one attached hydrogen (secondary N) is 1. The van der Waals surface area contributed by atoms with Crippen molar-refractivity contribution in [3.05, 3.63) is 18.0 Å². The monoisotopic (exact) mass is 287 g/mol. The van der Waals surface area contributed by atoms with Crippen LogP contribution < -0.4 is 0 Å². The molecule has 1 saturated heterocycles. The van der Waals surface area contributed by atoms with Gasteiger partial charge in [0, 0.05) is 18.1 Å². The number of carbonyl (C=O) groups excluding carboxylic acids is 1. The lowest BCUT2D eigenvalue weighted by atomic mass is 10.2. The van der Waals surface area contributed by atoms with Gasteiger partial charge in [-0.1, -0.05) is 15.9 Å². The fraction of sp³-hybridized carbons (Fsp3) is 0.600. The van der Waals surface area contributed by atoms with Gasteiger partial charge in [0.25, 0.3) is 5.91 Å². The Morgan fingerprint density at radius 1 is 1.81 bits per heavy atom. The van der Waals surface area contributed by atoms with Gasteiger partial charge in [-0.3, -0.25) is 9.89 Å². The zero-order valence-electron chi connectivity index (χ0n) is 9.02. The Labute approximate surface area is 102 Å². The Balaban J connectivity index is 2.09. The van der Waals surface area contributed by atoms with Crippen molar-refractivity contribution in [1.82, 2.24) is 15.1 Å². The first-order chi connectivity index (χ1) is 7.72. The van der Waals surface area contributed by atoms with Gasteiger partial charge in [0.05, 0.1) is 18.8 Å². The third kappa shape index (κ3) is 2.27. The Hall–Kier alpha value is -0.880. The normalized spacial score (nSPS) is 25.8. The maximum atomic E-state index is 12.1.